The van der Waals surface area contributed by atoms with E-state index in [1.54, 1.807) is 80.2 Å². The minimum Gasteiger partial charge on any atom is -0.497 e. The quantitative estimate of drug-likeness (QED) is 0.0910. The molecule has 0 heterocycles. The number of thioether (sulfide) groups is 2. The Labute approximate surface area is 328 Å². The molecule has 0 fully saturated rings. The molecule has 0 atom stereocenters. The number of ether oxygens (including phenoxy) is 3. The number of benzene rings is 4. The van der Waals surface area contributed by atoms with Crippen molar-refractivity contribution in [1.82, 2.24) is 0 Å². The molecule has 0 aromatic heterocycles. The summed E-state index contributed by atoms with van der Waals surface area (Å²) in [6.07, 6.45) is 0. The first-order valence-corrected chi connectivity index (χ1v) is 16.2. The molecule has 0 unspecified atom stereocenters. The molecule has 0 radical (unpaired) electrons. The van der Waals surface area contributed by atoms with Gasteiger partial charge in [-0.3, -0.25) is 0 Å². The minimum atomic E-state index is -0.409. The molecular weight excluding hydrogens is 622 g/mol. The van der Waals surface area contributed by atoms with Crippen LogP contribution in [0.25, 0.3) is 22.3 Å². The predicted molar refractivity (Wildman–Crippen MR) is 218 cm³/mol. The summed E-state index contributed by atoms with van der Waals surface area (Å²) >= 11 is 9.18. The highest BCUT2D eigenvalue weighted by atomic mass is 35.5. The lowest BCUT2D eigenvalue weighted by molar-refractivity contribution is 0.0600. The lowest BCUT2D eigenvalue weighted by atomic mass is 10.0. The number of hydrogen-bond donors (Lipinski definition) is 0. The van der Waals surface area contributed by atoms with Crippen LogP contribution in [0.2, 0.25) is 0 Å². The van der Waals surface area contributed by atoms with Crippen molar-refractivity contribution in [1.29, 1.82) is 0 Å². The van der Waals surface area contributed by atoms with Crippen LogP contribution in [0.4, 0.5) is 8.78 Å². The lowest BCUT2D eigenvalue weighted by Crippen LogP contribution is -2.02. The Hall–Kier alpha value is -3.20. The van der Waals surface area contributed by atoms with Gasteiger partial charge in [0.1, 0.15) is 23.1 Å². The van der Waals surface area contributed by atoms with Gasteiger partial charge in [0.25, 0.3) is 0 Å². The van der Waals surface area contributed by atoms with Crippen LogP contribution in [-0.2, 0) is 10.6 Å². The predicted octanol–water partition coefficient (Wildman–Crippen LogP) is 15.0. The van der Waals surface area contributed by atoms with E-state index in [0.29, 0.717) is 39.3 Å². The Bertz CT molecular complexity index is 1660. The zero-order chi connectivity index (χ0) is 68.4. The summed E-state index contributed by atoms with van der Waals surface area (Å²) in [7, 11) is 4.46. The van der Waals surface area contributed by atoms with Gasteiger partial charge >= 0.3 is 5.97 Å². The molecule has 0 saturated heterocycles. The van der Waals surface area contributed by atoms with E-state index in [4.69, 9.17) is 79.3 Å². The van der Waals surface area contributed by atoms with Crippen molar-refractivity contribution in [2.24, 2.45) is 0 Å². The number of halogens is 3. The van der Waals surface area contributed by atoms with Gasteiger partial charge in [0.15, 0.2) is 0 Å². The molecule has 9 heteroatoms. The second-order valence-electron chi connectivity index (χ2n) is 10.2. The van der Waals surface area contributed by atoms with Crippen LogP contribution >= 0.6 is 35.1 Å². The molecule has 270 valence electrons. The van der Waals surface area contributed by atoms with Crippen LogP contribution in [0.1, 0.15) is 97.1 Å². The summed E-state index contributed by atoms with van der Waals surface area (Å²) in [6.45, 7) is 8.32. The second-order valence-corrected chi connectivity index (χ2v) is 13.7. The fraction of sp³-hybridized carbons (Fsp3) is 0.286. The van der Waals surface area contributed by atoms with E-state index in [0.717, 1.165) is 26.5 Å². The summed E-state index contributed by atoms with van der Waals surface area (Å²) in [5.74, 6) is 0.690. The molecule has 4 nitrogen and oxygen atoms in total. The van der Waals surface area contributed by atoms with Crippen molar-refractivity contribution in [3.63, 3.8) is 0 Å². The zero-order valence-electron chi connectivity index (χ0n) is 61.9. The number of alkyl halides is 1. The van der Waals surface area contributed by atoms with Crippen LogP contribution < -0.4 is 9.47 Å². The van der Waals surface area contributed by atoms with Crippen molar-refractivity contribution in [2.75, 3.05) is 21.3 Å². The van der Waals surface area contributed by atoms with Gasteiger partial charge in [0, 0.05) is 90.8 Å². The van der Waals surface area contributed by atoms with Crippen LogP contribution in [0.5, 0.6) is 11.5 Å². The molecule has 0 amide bonds. The number of hydrogen-bond acceptors (Lipinski definition) is 6. The van der Waals surface area contributed by atoms with Gasteiger partial charge in [0.05, 0.1) is 26.9 Å². The Morgan fingerprint density at radius 3 is 1.64 bits per heavy atom. The van der Waals surface area contributed by atoms with E-state index in [2.05, 4.69) is 13.8 Å². The smallest absolute Gasteiger partial charge is 0.337 e. The molecule has 0 N–H and O–H groups in total. The number of methoxy groups -OCH3 is 3. The van der Waals surface area contributed by atoms with E-state index in [1.165, 1.54) is 19.2 Å². The summed E-state index contributed by atoms with van der Waals surface area (Å²) in [4.78, 5) is 13.6. The van der Waals surface area contributed by atoms with Crippen LogP contribution in [0.3, 0.4) is 0 Å². The normalized spacial score (nSPS) is 14.1. The fourth-order valence-electron chi connectivity index (χ4n) is 4.24. The summed E-state index contributed by atoms with van der Waals surface area (Å²) in [6, 6.07) is 20.4. The number of carbonyl (C=O) groups is 1. The maximum Gasteiger partial charge on any atom is 0.337 e. The van der Waals surface area contributed by atoms with Gasteiger partial charge < -0.3 is 14.2 Å². The topological polar surface area (TPSA) is 44.8 Å². The molecule has 44 heavy (non-hydrogen) atoms. The van der Waals surface area contributed by atoms with E-state index in [9.17, 15) is 13.6 Å². The van der Waals surface area contributed by atoms with Gasteiger partial charge in [-0.2, -0.15) is 0 Å². The van der Waals surface area contributed by atoms with E-state index < -0.39 is 5.97 Å². The lowest BCUT2D eigenvalue weighted by Gasteiger charge is -2.14. The van der Waals surface area contributed by atoms with Crippen LogP contribution in [0.15, 0.2) is 82.6 Å². The molecule has 0 aliphatic heterocycles. The van der Waals surface area contributed by atoms with Gasteiger partial charge in [-0.25, -0.2) is 13.6 Å². The van der Waals surface area contributed by atoms with Crippen molar-refractivity contribution in [3.05, 3.63) is 95.6 Å². The highest BCUT2D eigenvalue weighted by molar-refractivity contribution is 8.00. The largest absolute Gasteiger partial charge is 0.497 e. The van der Waals surface area contributed by atoms with Crippen molar-refractivity contribution in [2.45, 2.75) is 53.9 Å². The van der Waals surface area contributed by atoms with E-state index in [-0.39, 0.29) is 16.9 Å². The average Bonchev–Trinajstić information content (AvgIpc) is 3.57. The van der Waals surface area contributed by atoms with Crippen molar-refractivity contribution < 1.29 is 81.2 Å². The third-order valence-corrected chi connectivity index (χ3v) is 8.69. The molecule has 4 rings (SSSR count). The monoisotopic (exact) mass is 767 g/mol. The van der Waals surface area contributed by atoms with E-state index >= 15 is 0 Å². The molecule has 0 bridgehead atoms. The molecule has 0 saturated carbocycles. The molecule has 0 aliphatic carbocycles. The van der Waals surface area contributed by atoms with Crippen molar-refractivity contribution >= 4 is 41.1 Å². The van der Waals surface area contributed by atoms with Gasteiger partial charge in [-0.05, 0) is 71.3 Å². The van der Waals surface area contributed by atoms with Gasteiger partial charge in [0.2, 0.25) is 0 Å². The van der Waals surface area contributed by atoms with E-state index in [1.807, 2.05) is 32.0 Å². The number of esters is 1. The van der Waals surface area contributed by atoms with Gasteiger partial charge in [-0.1, -0.05) is 45.9 Å². The third-order valence-electron chi connectivity index (χ3n) is 6.26. The van der Waals surface area contributed by atoms with Crippen LogP contribution in [0, 0.1) is 11.6 Å². The van der Waals surface area contributed by atoms with Gasteiger partial charge in [-0.15, -0.1) is 35.1 Å². The van der Waals surface area contributed by atoms with Crippen molar-refractivity contribution in [3.8, 4) is 33.8 Å². The molecular formula is C35H73ClF2O4S2. The molecule has 4 aromatic rings. The highest BCUT2D eigenvalue weighted by Crippen LogP contribution is 2.38. The Balaban J connectivity index is -0.0000000468. The Morgan fingerprint density at radius 1 is 0.727 bits per heavy atom. The molecule has 0 spiro atoms. The zero-order valence-corrected chi connectivity index (χ0v) is 28.3. The first-order chi connectivity index (χ1) is 39.0. The van der Waals surface area contributed by atoms with Crippen LogP contribution in [-0.4, -0.2) is 37.8 Å². The number of carbonyl (C=O) groups excluding carboxylic acids is 1. The summed E-state index contributed by atoms with van der Waals surface area (Å²) in [5.41, 5.74) is 4.09. The first kappa shape index (κ1) is 17.5. The fourth-order valence-corrected chi connectivity index (χ4v) is 6.45. The maximum absolute atomic E-state index is 14.3. The summed E-state index contributed by atoms with van der Waals surface area (Å²) in [5, 5.41) is 0.693. The third kappa shape index (κ3) is 9.40. The maximum atomic E-state index is 14.3. The average molecular weight is 768 g/mol. The standard InChI is InChI=1S/C18H19FO3S.C17H18ClFOS.18H2/c1-11(2)23-17-9-12(18(20)22-4)5-7-14(17)15-10-13(21-3)6-8-16(15)19;1-11(2)21-17-8-12(10-18)4-6-14(17)15-9-13(20-3)5-7-16(15)19;;;;;;;;;;;;;;;;;;/h5-11H,1-4H3;4-9,11H,10H2,1-3H3;18*1H/i;;18*1+2T. The summed E-state index contributed by atoms with van der Waals surface area (Å²) < 4.78 is 224. The molecule has 0 aliphatic rings. The first-order valence-electron chi connectivity index (χ1n) is 31.9. The second kappa shape index (κ2) is 16.8. The Kier molecular flexibility index (Phi) is 6.66. The Morgan fingerprint density at radius 2 is 1.20 bits per heavy atom. The molecule has 4 aromatic carbocycles. The minimum absolute atomic E-state index is 0.250. The number of rotatable bonds is 10. The SMILES string of the molecule is COC(=O)c1ccc(-c2cc(OC)ccc2F)c(SC(C)C)c1.COc1ccc(F)c(-c2ccc(CCl)cc2SC(C)C)c1.[3H][3H].[3H][3H].[3H][3H].[3H][3H].[3H][3H].[3H][3H].[3H][3H].[3H][3H].[3H][3H].[3H][3H].[3H][3H].[3H][3H].[3H][3H].[3H][3H].[3H][3H].[3H][3H].[3H][3H].[3H][3H]. The highest BCUT2D eigenvalue weighted by Gasteiger charge is 2.17.